The molecule has 8 nitrogen and oxygen atoms in total. The molecule has 0 aliphatic carbocycles. The van der Waals surface area contributed by atoms with Crippen LogP contribution in [0, 0.1) is 5.82 Å². The quantitative estimate of drug-likeness (QED) is 0.533. The zero-order valence-electron chi connectivity index (χ0n) is 18.7. The van der Waals surface area contributed by atoms with Crippen molar-refractivity contribution < 1.29 is 19.0 Å². The molecule has 4 rings (SSSR count). The van der Waals surface area contributed by atoms with E-state index in [9.17, 15) is 14.3 Å². The Kier molecular flexibility index (Phi) is 8.07. The first-order chi connectivity index (χ1) is 16.5. The number of carbonyl (C=O) groups is 1. The third-order valence-electron chi connectivity index (χ3n) is 5.47. The van der Waals surface area contributed by atoms with Gasteiger partial charge in [-0.2, -0.15) is 0 Å². The number of aliphatic hydroxyl groups is 1. The Balaban J connectivity index is 1.44. The van der Waals surface area contributed by atoms with E-state index in [1.807, 2.05) is 22.2 Å². The summed E-state index contributed by atoms with van der Waals surface area (Å²) in [7, 11) is 1.62. The van der Waals surface area contributed by atoms with Crippen molar-refractivity contribution in [3.8, 4) is 0 Å². The number of amides is 1. The maximum Gasteiger partial charge on any atom is 0.256 e. The lowest BCUT2D eigenvalue weighted by molar-refractivity contribution is 0.0622. The number of rotatable bonds is 7. The number of halogens is 2. The minimum Gasteiger partial charge on any atom is -0.392 e. The zero-order chi connectivity index (χ0) is 24.1. The number of benzene rings is 1. The average Bonchev–Trinajstić information content (AvgIpc) is 3.27. The highest BCUT2D eigenvalue weighted by Crippen LogP contribution is 2.21. The minimum atomic E-state index is -0.685. The molecule has 0 radical (unpaired) electrons. The molecule has 1 aromatic carbocycles. The predicted molar refractivity (Wildman–Crippen MR) is 127 cm³/mol. The van der Waals surface area contributed by atoms with E-state index in [4.69, 9.17) is 16.3 Å². The van der Waals surface area contributed by atoms with Crippen LogP contribution in [0.3, 0.4) is 0 Å². The van der Waals surface area contributed by atoms with Gasteiger partial charge < -0.3 is 14.7 Å². The van der Waals surface area contributed by atoms with E-state index < -0.39 is 5.82 Å². The number of thiazole rings is 1. The van der Waals surface area contributed by atoms with Crippen LogP contribution < -0.4 is 4.80 Å². The SMILES string of the molecule is COCn1ccs/c1=N\c1cc(CO)cc(CN2CCN(C(=O)c3cccc(Cl)c3F)CC2)n1. The first kappa shape index (κ1) is 24.5. The summed E-state index contributed by atoms with van der Waals surface area (Å²) < 4.78 is 21.3. The van der Waals surface area contributed by atoms with Gasteiger partial charge in [0.2, 0.25) is 0 Å². The normalized spacial score (nSPS) is 15.2. The molecule has 0 spiro atoms. The van der Waals surface area contributed by atoms with Gasteiger partial charge in [-0.1, -0.05) is 17.7 Å². The summed E-state index contributed by atoms with van der Waals surface area (Å²) in [5, 5.41) is 11.6. The summed E-state index contributed by atoms with van der Waals surface area (Å²) in [6.45, 7) is 2.98. The van der Waals surface area contributed by atoms with Crippen LogP contribution in [0.15, 0.2) is 46.9 Å². The molecule has 3 aromatic rings. The summed E-state index contributed by atoms with van der Waals surface area (Å²) >= 11 is 7.30. The van der Waals surface area contributed by atoms with Crippen LogP contribution in [0.2, 0.25) is 5.02 Å². The maximum absolute atomic E-state index is 14.2. The van der Waals surface area contributed by atoms with Gasteiger partial charge in [-0.3, -0.25) is 14.3 Å². The molecule has 0 unspecified atom stereocenters. The van der Waals surface area contributed by atoms with Crippen LogP contribution in [-0.2, 0) is 24.6 Å². The smallest absolute Gasteiger partial charge is 0.256 e. The molecule has 34 heavy (non-hydrogen) atoms. The van der Waals surface area contributed by atoms with Gasteiger partial charge >= 0.3 is 0 Å². The van der Waals surface area contributed by atoms with E-state index in [0.29, 0.717) is 45.3 Å². The van der Waals surface area contributed by atoms with Crippen LogP contribution in [0.1, 0.15) is 21.6 Å². The van der Waals surface area contributed by atoms with Gasteiger partial charge in [0.15, 0.2) is 16.4 Å². The molecule has 3 heterocycles. The first-order valence-electron chi connectivity index (χ1n) is 10.7. The molecule has 0 atom stereocenters. The number of piperazine rings is 1. The molecule has 1 fully saturated rings. The van der Waals surface area contributed by atoms with Gasteiger partial charge in [0.25, 0.3) is 5.91 Å². The van der Waals surface area contributed by atoms with Gasteiger partial charge in [0.1, 0.15) is 6.73 Å². The number of aromatic nitrogens is 2. The largest absolute Gasteiger partial charge is 0.392 e. The fourth-order valence-electron chi connectivity index (χ4n) is 3.76. The fourth-order valence-corrected chi connectivity index (χ4v) is 4.66. The van der Waals surface area contributed by atoms with Gasteiger partial charge in [0, 0.05) is 51.4 Å². The maximum atomic E-state index is 14.2. The van der Waals surface area contributed by atoms with E-state index in [0.717, 1.165) is 16.1 Å². The summed E-state index contributed by atoms with van der Waals surface area (Å²) in [5.74, 6) is -0.531. The van der Waals surface area contributed by atoms with Crippen molar-refractivity contribution in [1.82, 2.24) is 19.4 Å². The molecule has 180 valence electrons. The summed E-state index contributed by atoms with van der Waals surface area (Å²) in [6, 6.07) is 8.07. The van der Waals surface area contributed by atoms with E-state index in [2.05, 4.69) is 14.9 Å². The van der Waals surface area contributed by atoms with Crippen LogP contribution in [0.25, 0.3) is 0 Å². The van der Waals surface area contributed by atoms with Crippen molar-refractivity contribution in [2.75, 3.05) is 33.3 Å². The molecule has 0 bridgehead atoms. The van der Waals surface area contributed by atoms with Gasteiger partial charge in [-0.05, 0) is 29.8 Å². The molecular weight excluding hydrogens is 481 g/mol. The lowest BCUT2D eigenvalue weighted by Crippen LogP contribution is -2.48. The molecular formula is C23H25ClFN5O3S. The zero-order valence-corrected chi connectivity index (χ0v) is 20.2. The Morgan fingerprint density at radius 3 is 2.82 bits per heavy atom. The standard InChI is InChI=1S/C23H25ClFN5O3S/c1-33-15-30-9-10-34-23(30)27-20-12-16(14-31)11-17(26-20)13-28-5-7-29(8-6-28)22(32)18-3-2-4-19(24)21(18)25/h2-4,9-12,31H,5-8,13-15H2,1H3/b27-23-. The van der Waals surface area contributed by atoms with Crippen LogP contribution in [0.5, 0.6) is 0 Å². The third-order valence-corrected chi connectivity index (χ3v) is 6.56. The van der Waals surface area contributed by atoms with E-state index in [1.165, 1.54) is 23.5 Å². The van der Waals surface area contributed by atoms with Crippen molar-refractivity contribution in [3.63, 3.8) is 0 Å². The number of hydrogen-bond donors (Lipinski definition) is 1. The topological polar surface area (TPSA) is 83.2 Å². The number of methoxy groups -OCH3 is 1. The van der Waals surface area contributed by atoms with Crippen molar-refractivity contribution >= 4 is 34.7 Å². The Morgan fingerprint density at radius 1 is 1.29 bits per heavy atom. The van der Waals surface area contributed by atoms with E-state index >= 15 is 0 Å². The molecule has 11 heteroatoms. The molecule has 1 aliphatic heterocycles. The van der Waals surface area contributed by atoms with Crippen LogP contribution >= 0.6 is 22.9 Å². The average molecular weight is 506 g/mol. The van der Waals surface area contributed by atoms with Crippen molar-refractivity contribution in [2.24, 2.45) is 4.99 Å². The third kappa shape index (κ3) is 5.70. The second-order valence-corrected chi connectivity index (χ2v) is 9.12. The number of ether oxygens (including phenoxy) is 1. The van der Waals surface area contributed by atoms with Gasteiger partial charge in [-0.25, -0.2) is 14.4 Å². The summed E-state index contributed by atoms with van der Waals surface area (Å²) in [5.41, 5.74) is 1.49. The van der Waals surface area contributed by atoms with Crippen molar-refractivity contribution in [2.45, 2.75) is 19.9 Å². The Hall–Kier alpha value is -2.63. The lowest BCUT2D eigenvalue weighted by atomic mass is 10.1. The number of aliphatic hydroxyl groups excluding tert-OH is 1. The van der Waals surface area contributed by atoms with Gasteiger partial charge in [0.05, 0.1) is 22.9 Å². The predicted octanol–water partition coefficient (Wildman–Crippen LogP) is 3.02. The number of carbonyl (C=O) groups excluding carboxylic acids is 1. The molecule has 1 N–H and O–H groups in total. The highest BCUT2D eigenvalue weighted by atomic mass is 35.5. The minimum absolute atomic E-state index is 0.0104. The van der Waals surface area contributed by atoms with Crippen LogP contribution in [0.4, 0.5) is 10.2 Å². The Bertz CT molecular complexity index is 1220. The number of nitrogens with zero attached hydrogens (tertiary/aromatic N) is 5. The van der Waals surface area contributed by atoms with E-state index in [-0.39, 0.29) is 23.1 Å². The van der Waals surface area contributed by atoms with E-state index in [1.54, 1.807) is 24.1 Å². The second-order valence-electron chi connectivity index (χ2n) is 7.84. The molecule has 1 aliphatic rings. The molecule has 2 aromatic heterocycles. The van der Waals surface area contributed by atoms with Gasteiger partial charge in [-0.15, -0.1) is 11.3 Å². The number of hydrogen-bond acceptors (Lipinski definition) is 7. The first-order valence-corrected chi connectivity index (χ1v) is 12.0. The summed E-state index contributed by atoms with van der Waals surface area (Å²) in [6.07, 6.45) is 1.89. The highest BCUT2D eigenvalue weighted by Gasteiger charge is 2.25. The Morgan fingerprint density at radius 2 is 2.09 bits per heavy atom. The fraction of sp³-hybridized carbons (Fsp3) is 0.348. The molecule has 0 saturated carbocycles. The molecule has 1 amide bonds. The van der Waals surface area contributed by atoms with Crippen molar-refractivity contribution in [1.29, 1.82) is 0 Å². The molecule has 1 saturated heterocycles. The monoisotopic (exact) mass is 505 g/mol. The number of pyridine rings is 1. The second kappa shape index (κ2) is 11.2. The highest BCUT2D eigenvalue weighted by molar-refractivity contribution is 7.07. The summed E-state index contributed by atoms with van der Waals surface area (Å²) in [4.78, 5) is 26.6. The van der Waals surface area contributed by atoms with Crippen LogP contribution in [-0.4, -0.2) is 63.7 Å². The Labute approximate surface area is 205 Å². The van der Waals surface area contributed by atoms with Crippen molar-refractivity contribution in [3.05, 3.63) is 74.4 Å². The lowest BCUT2D eigenvalue weighted by Gasteiger charge is -2.34.